The number of ether oxygens (including phenoxy) is 1. The van der Waals surface area contributed by atoms with E-state index in [0.717, 1.165) is 25.0 Å². The van der Waals surface area contributed by atoms with E-state index in [1.807, 2.05) is 6.92 Å². The van der Waals surface area contributed by atoms with Crippen molar-refractivity contribution < 1.29 is 17.3 Å². The first-order chi connectivity index (χ1) is 9.56. The molecule has 0 bridgehead atoms. The molecule has 1 rings (SSSR count). The average molecular weight is 300 g/mol. The largest absolute Gasteiger partial charge is 0.381 e. The van der Waals surface area contributed by atoms with Crippen LogP contribution >= 0.6 is 0 Å². The Morgan fingerprint density at radius 3 is 2.25 bits per heavy atom. The van der Waals surface area contributed by atoms with Gasteiger partial charge in [-0.05, 0) is 31.9 Å². The van der Waals surface area contributed by atoms with Gasteiger partial charge in [0.25, 0.3) is 10.1 Å². The van der Waals surface area contributed by atoms with Crippen molar-refractivity contribution in [2.24, 2.45) is 0 Å². The van der Waals surface area contributed by atoms with Crippen molar-refractivity contribution in [3.8, 4) is 0 Å². The SMILES string of the molecule is CCCCCOCCCOS(=O)(=O)c1ccc(C)cc1. The van der Waals surface area contributed by atoms with Crippen molar-refractivity contribution in [2.45, 2.75) is 44.4 Å². The van der Waals surface area contributed by atoms with Gasteiger partial charge in [-0.1, -0.05) is 37.5 Å². The third-order valence-corrected chi connectivity index (χ3v) is 4.20. The molecule has 0 amide bonds. The third kappa shape index (κ3) is 6.50. The molecule has 4 nitrogen and oxygen atoms in total. The van der Waals surface area contributed by atoms with Crippen LogP contribution in [-0.4, -0.2) is 28.2 Å². The lowest BCUT2D eigenvalue weighted by molar-refractivity contribution is 0.117. The fourth-order valence-electron chi connectivity index (χ4n) is 1.66. The van der Waals surface area contributed by atoms with Crippen molar-refractivity contribution in [2.75, 3.05) is 19.8 Å². The van der Waals surface area contributed by atoms with E-state index in [1.54, 1.807) is 24.3 Å². The van der Waals surface area contributed by atoms with E-state index in [4.69, 9.17) is 8.92 Å². The molecule has 0 N–H and O–H groups in total. The van der Waals surface area contributed by atoms with Crippen LogP contribution in [-0.2, 0) is 19.0 Å². The molecular formula is C15H24O4S. The molecule has 0 radical (unpaired) electrons. The molecule has 1 aromatic carbocycles. The van der Waals surface area contributed by atoms with Gasteiger partial charge in [-0.2, -0.15) is 8.42 Å². The van der Waals surface area contributed by atoms with Gasteiger partial charge in [0.15, 0.2) is 0 Å². The molecule has 0 unspecified atom stereocenters. The van der Waals surface area contributed by atoms with Gasteiger partial charge < -0.3 is 4.74 Å². The zero-order valence-corrected chi connectivity index (χ0v) is 13.1. The minimum atomic E-state index is -3.63. The smallest absolute Gasteiger partial charge is 0.296 e. The first kappa shape index (κ1) is 17.1. The van der Waals surface area contributed by atoms with Crippen LogP contribution in [0.2, 0.25) is 0 Å². The predicted octanol–water partition coefficient (Wildman–Crippen LogP) is 3.30. The lowest BCUT2D eigenvalue weighted by Crippen LogP contribution is -2.09. The molecular weight excluding hydrogens is 276 g/mol. The molecule has 114 valence electrons. The van der Waals surface area contributed by atoms with E-state index >= 15 is 0 Å². The molecule has 0 aliphatic rings. The molecule has 1 aromatic rings. The summed E-state index contributed by atoms with van der Waals surface area (Å²) in [5, 5.41) is 0. The monoisotopic (exact) mass is 300 g/mol. The Morgan fingerprint density at radius 1 is 0.950 bits per heavy atom. The summed E-state index contributed by atoms with van der Waals surface area (Å²) in [5.74, 6) is 0. The Bertz CT molecular complexity index is 465. The maximum atomic E-state index is 11.9. The standard InChI is InChI=1S/C15H24O4S/c1-3-4-5-11-18-12-6-13-19-20(16,17)15-9-7-14(2)8-10-15/h7-10H,3-6,11-13H2,1-2H3. The van der Waals surface area contributed by atoms with Crippen LogP contribution in [0.1, 0.15) is 38.2 Å². The van der Waals surface area contributed by atoms with Crippen LogP contribution in [0.3, 0.4) is 0 Å². The fraction of sp³-hybridized carbons (Fsp3) is 0.600. The lowest BCUT2D eigenvalue weighted by atomic mass is 10.2. The zero-order valence-electron chi connectivity index (χ0n) is 12.3. The van der Waals surface area contributed by atoms with E-state index in [0.29, 0.717) is 13.0 Å². The molecule has 20 heavy (non-hydrogen) atoms. The summed E-state index contributed by atoms with van der Waals surface area (Å²) in [6.45, 7) is 5.48. The molecule has 0 aliphatic heterocycles. The molecule has 0 atom stereocenters. The molecule has 5 heteroatoms. The molecule has 0 aliphatic carbocycles. The number of benzene rings is 1. The Hall–Kier alpha value is -0.910. The first-order valence-corrected chi connectivity index (χ1v) is 8.51. The summed E-state index contributed by atoms with van der Waals surface area (Å²) in [4.78, 5) is 0.201. The van der Waals surface area contributed by atoms with Gasteiger partial charge in [0.2, 0.25) is 0 Å². The second kappa shape index (κ2) is 9.10. The number of hydrogen-bond donors (Lipinski definition) is 0. The van der Waals surface area contributed by atoms with Gasteiger partial charge in [0, 0.05) is 13.2 Å². The van der Waals surface area contributed by atoms with Gasteiger partial charge in [0.05, 0.1) is 11.5 Å². The summed E-state index contributed by atoms with van der Waals surface area (Å²) in [6.07, 6.45) is 3.97. The van der Waals surface area contributed by atoms with Gasteiger partial charge >= 0.3 is 0 Å². The van der Waals surface area contributed by atoms with Crippen molar-refractivity contribution in [3.63, 3.8) is 0 Å². The average Bonchev–Trinajstić information content (AvgIpc) is 2.42. The Labute approximate surface area is 122 Å². The summed E-state index contributed by atoms with van der Waals surface area (Å²) in [7, 11) is -3.63. The highest BCUT2D eigenvalue weighted by molar-refractivity contribution is 7.86. The molecule has 0 heterocycles. The maximum absolute atomic E-state index is 11.9. The quantitative estimate of drug-likeness (QED) is 0.491. The van der Waals surface area contributed by atoms with Crippen molar-refractivity contribution in [1.29, 1.82) is 0 Å². The normalized spacial score (nSPS) is 11.7. The molecule has 0 saturated heterocycles. The summed E-state index contributed by atoms with van der Waals surface area (Å²) >= 11 is 0. The van der Waals surface area contributed by atoms with Crippen LogP contribution in [0.5, 0.6) is 0 Å². The summed E-state index contributed by atoms with van der Waals surface area (Å²) in [5.41, 5.74) is 1.02. The van der Waals surface area contributed by atoms with E-state index < -0.39 is 10.1 Å². The highest BCUT2D eigenvalue weighted by Crippen LogP contribution is 2.13. The van der Waals surface area contributed by atoms with Crippen molar-refractivity contribution in [1.82, 2.24) is 0 Å². The number of unbranched alkanes of at least 4 members (excludes halogenated alkanes) is 2. The second-order valence-electron chi connectivity index (χ2n) is 4.76. The third-order valence-electron chi connectivity index (χ3n) is 2.87. The summed E-state index contributed by atoms with van der Waals surface area (Å²) < 4.78 is 34.1. The highest BCUT2D eigenvalue weighted by atomic mass is 32.2. The highest BCUT2D eigenvalue weighted by Gasteiger charge is 2.14. The number of aryl methyl sites for hydroxylation is 1. The Balaban J connectivity index is 2.22. The topological polar surface area (TPSA) is 52.6 Å². The second-order valence-corrected chi connectivity index (χ2v) is 6.38. The van der Waals surface area contributed by atoms with Gasteiger partial charge in [-0.25, -0.2) is 0 Å². The molecule has 0 aromatic heterocycles. The minimum absolute atomic E-state index is 0.157. The number of hydrogen-bond acceptors (Lipinski definition) is 4. The van der Waals surface area contributed by atoms with Crippen LogP contribution in [0.25, 0.3) is 0 Å². The summed E-state index contributed by atoms with van der Waals surface area (Å²) in [6, 6.07) is 6.64. The van der Waals surface area contributed by atoms with Gasteiger partial charge in [-0.3, -0.25) is 4.18 Å². The van der Waals surface area contributed by atoms with Crippen LogP contribution < -0.4 is 0 Å². The Morgan fingerprint density at radius 2 is 1.60 bits per heavy atom. The van der Waals surface area contributed by atoms with Gasteiger partial charge in [-0.15, -0.1) is 0 Å². The Kier molecular flexibility index (Phi) is 7.80. The maximum Gasteiger partial charge on any atom is 0.296 e. The lowest BCUT2D eigenvalue weighted by Gasteiger charge is -2.06. The molecule has 0 spiro atoms. The number of rotatable bonds is 10. The van der Waals surface area contributed by atoms with Crippen molar-refractivity contribution in [3.05, 3.63) is 29.8 Å². The van der Waals surface area contributed by atoms with Crippen LogP contribution in [0.15, 0.2) is 29.2 Å². The molecule has 0 fully saturated rings. The van der Waals surface area contributed by atoms with Gasteiger partial charge in [0.1, 0.15) is 0 Å². The van der Waals surface area contributed by atoms with E-state index in [1.165, 1.54) is 6.42 Å². The first-order valence-electron chi connectivity index (χ1n) is 7.10. The fourth-order valence-corrected chi connectivity index (χ4v) is 2.60. The van der Waals surface area contributed by atoms with E-state index in [9.17, 15) is 8.42 Å². The van der Waals surface area contributed by atoms with E-state index in [-0.39, 0.29) is 11.5 Å². The van der Waals surface area contributed by atoms with E-state index in [2.05, 4.69) is 6.92 Å². The van der Waals surface area contributed by atoms with Crippen molar-refractivity contribution >= 4 is 10.1 Å². The predicted molar refractivity (Wildman–Crippen MR) is 79.3 cm³/mol. The molecule has 0 saturated carbocycles. The van der Waals surface area contributed by atoms with Crippen LogP contribution in [0, 0.1) is 6.92 Å². The minimum Gasteiger partial charge on any atom is -0.381 e. The zero-order chi connectivity index (χ0) is 14.8. The van der Waals surface area contributed by atoms with Crippen LogP contribution in [0.4, 0.5) is 0 Å².